The molecule has 2 aromatic rings. The summed E-state index contributed by atoms with van der Waals surface area (Å²) < 4.78 is 2.05. The van der Waals surface area contributed by atoms with E-state index in [0.717, 1.165) is 78.8 Å². The number of aryl methyl sites for hydroxylation is 1. The van der Waals surface area contributed by atoms with Gasteiger partial charge in [0.1, 0.15) is 0 Å². The highest BCUT2D eigenvalue weighted by atomic mass is 35.5. The number of benzene rings is 1. The molecular weight excluding hydrogens is 517 g/mol. The van der Waals surface area contributed by atoms with Gasteiger partial charge in [-0.05, 0) is 42.5 Å². The number of carbonyl (C=O) groups is 1. The van der Waals surface area contributed by atoms with Gasteiger partial charge in [0.05, 0.1) is 11.3 Å². The Hall–Kier alpha value is -2.47. The molecule has 4 rings (SSSR count). The van der Waals surface area contributed by atoms with Crippen molar-refractivity contribution in [1.82, 2.24) is 9.47 Å². The van der Waals surface area contributed by atoms with E-state index in [1.54, 1.807) is 0 Å². The van der Waals surface area contributed by atoms with Crippen LogP contribution in [0.4, 0.5) is 5.69 Å². The third kappa shape index (κ3) is 5.90. The molecule has 7 heteroatoms. The number of ketones is 1. The van der Waals surface area contributed by atoms with Crippen molar-refractivity contribution in [1.29, 1.82) is 0 Å². The molecule has 0 atom stereocenters. The van der Waals surface area contributed by atoms with E-state index in [1.165, 1.54) is 5.69 Å². The number of aliphatic hydroxyl groups excluding tert-OH is 1. The third-order valence-corrected chi connectivity index (χ3v) is 8.45. The molecule has 0 spiro atoms. The summed E-state index contributed by atoms with van der Waals surface area (Å²) >= 11 is 13.1. The summed E-state index contributed by atoms with van der Waals surface area (Å²) in [7, 11) is 2.00. The lowest BCUT2D eigenvalue weighted by Crippen LogP contribution is -2.46. The van der Waals surface area contributed by atoms with E-state index in [-0.39, 0.29) is 11.7 Å². The Morgan fingerprint density at radius 3 is 2.50 bits per heavy atom. The zero-order valence-electron chi connectivity index (χ0n) is 23.0. The fourth-order valence-electron chi connectivity index (χ4n) is 5.40. The molecule has 1 aliphatic heterocycles. The number of anilines is 1. The molecule has 0 saturated carbocycles. The van der Waals surface area contributed by atoms with Crippen LogP contribution in [0.25, 0.3) is 10.9 Å². The van der Waals surface area contributed by atoms with E-state index in [0.29, 0.717) is 28.7 Å². The van der Waals surface area contributed by atoms with E-state index < -0.39 is 0 Å². The molecular formula is C31H39Cl2N3O2. The first-order chi connectivity index (χ1) is 18.1. The van der Waals surface area contributed by atoms with Crippen LogP contribution in [0.2, 0.25) is 0 Å². The van der Waals surface area contributed by atoms with Gasteiger partial charge in [0.15, 0.2) is 5.78 Å². The smallest absolute Gasteiger partial charge is 0.164 e. The molecule has 1 aromatic carbocycles. The van der Waals surface area contributed by atoms with Crippen molar-refractivity contribution in [2.75, 3.05) is 37.6 Å². The summed E-state index contributed by atoms with van der Waals surface area (Å²) in [6.07, 6.45) is 6.69. The van der Waals surface area contributed by atoms with Gasteiger partial charge in [-0.25, -0.2) is 0 Å². The number of piperazine rings is 1. The van der Waals surface area contributed by atoms with Crippen molar-refractivity contribution < 1.29 is 9.90 Å². The van der Waals surface area contributed by atoms with Crippen LogP contribution in [0.15, 0.2) is 69.6 Å². The van der Waals surface area contributed by atoms with Gasteiger partial charge in [0.25, 0.3) is 0 Å². The predicted molar refractivity (Wildman–Crippen MR) is 160 cm³/mol. The average Bonchev–Trinajstić information content (AvgIpc) is 3.24. The molecule has 1 fully saturated rings. The van der Waals surface area contributed by atoms with Crippen LogP contribution < -0.4 is 4.90 Å². The van der Waals surface area contributed by atoms with Crippen molar-refractivity contribution in [3.63, 3.8) is 0 Å². The maximum atomic E-state index is 12.3. The predicted octanol–water partition coefficient (Wildman–Crippen LogP) is 7.72. The molecule has 38 heavy (non-hydrogen) atoms. The number of aromatic nitrogens is 1. The summed E-state index contributed by atoms with van der Waals surface area (Å²) in [6.45, 7) is 14.7. The number of nitrogens with zero attached hydrogens (tertiary/aromatic N) is 3. The zero-order chi connectivity index (χ0) is 27.6. The molecule has 0 amide bonds. The SMILES string of the molecule is C=C(C1=C(Cl)CCC=C1Cl)/C(CCN1CCN(c2ccc3c(C(=O)CC)cn(C)c3c2)CC1)=C(\O)C(C)C. The molecule has 1 aliphatic carbocycles. The third-order valence-electron chi connectivity index (χ3n) is 7.73. The topological polar surface area (TPSA) is 48.7 Å². The Kier molecular flexibility index (Phi) is 9.12. The van der Waals surface area contributed by atoms with Crippen molar-refractivity contribution in [2.24, 2.45) is 13.0 Å². The molecule has 0 unspecified atom stereocenters. The van der Waals surface area contributed by atoms with Crippen LogP contribution in [0, 0.1) is 5.92 Å². The van der Waals surface area contributed by atoms with Gasteiger partial charge in [0.2, 0.25) is 0 Å². The van der Waals surface area contributed by atoms with Crippen molar-refractivity contribution in [2.45, 2.75) is 46.5 Å². The number of rotatable bonds is 9. The molecule has 1 aromatic heterocycles. The molecule has 0 bridgehead atoms. The van der Waals surface area contributed by atoms with Gasteiger partial charge in [-0.3, -0.25) is 9.69 Å². The van der Waals surface area contributed by atoms with Gasteiger partial charge >= 0.3 is 0 Å². The normalized spacial score (nSPS) is 17.8. The van der Waals surface area contributed by atoms with Gasteiger partial charge in [0, 0.05) is 90.6 Å². The van der Waals surface area contributed by atoms with E-state index in [1.807, 2.05) is 40.1 Å². The largest absolute Gasteiger partial charge is 0.512 e. The van der Waals surface area contributed by atoms with Crippen molar-refractivity contribution in [3.05, 3.63) is 75.2 Å². The van der Waals surface area contributed by atoms with Gasteiger partial charge in [-0.15, -0.1) is 0 Å². The average molecular weight is 557 g/mol. The Bertz CT molecular complexity index is 1320. The number of carbonyl (C=O) groups excluding carboxylic acids is 1. The summed E-state index contributed by atoms with van der Waals surface area (Å²) in [4.78, 5) is 17.2. The number of aliphatic hydroxyl groups is 1. The van der Waals surface area contributed by atoms with Crippen LogP contribution in [-0.2, 0) is 7.05 Å². The summed E-state index contributed by atoms with van der Waals surface area (Å²) in [6, 6.07) is 6.42. The number of hydrogen-bond acceptors (Lipinski definition) is 4. The van der Waals surface area contributed by atoms with Crippen LogP contribution in [0.5, 0.6) is 0 Å². The van der Waals surface area contributed by atoms with Crippen LogP contribution >= 0.6 is 23.2 Å². The van der Waals surface area contributed by atoms with Gasteiger partial charge < -0.3 is 14.6 Å². The van der Waals surface area contributed by atoms with Gasteiger partial charge in [-0.2, -0.15) is 0 Å². The summed E-state index contributed by atoms with van der Waals surface area (Å²) in [5.74, 6) is 0.527. The monoisotopic (exact) mass is 555 g/mol. The number of Topliss-reactive ketones (excluding diaryl/α,β-unsaturated/α-hetero) is 1. The number of halogens is 2. The quantitative estimate of drug-likeness (QED) is 0.195. The molecule has 2 aliphatic rings. The van der Waals surface area contributed by atoms with Crippen molar-refractivity contribution >= 4 is 45.6 Å². The lowest BCUT2D eigenvalue weighted by atomic mass is 9.89. The van der Waals surface area contributed by atoms with E-state index in [4.69, 9.17) is 23.2 Å². The minimum Gasteiger partial charge on any atom is -0.512 e. The first-order valence-corrected chi connectivity index (χ1v) is 14.3. The summed E-state index contributed by atoms with van der Waals surface area (Å²) in [5.41, 5.74) is 5.42. The maximum absolute atomic E-state index is 12.3. The Morgan fingerprint density at radius 2 is 1.87 bits per heavy atom. The fraction of sp³-hybridized carbons (Fsp3) is 0.452. The van der Waals surface area contributed by atoms with Crippen LogP contribution in [0.1, 0.15) is 56.8 Å². The summed E-state index contributed by atoms with van der Waals surface area (Å²) in [5, 5.41) is 13.3. The molecule has 0 radical (unpaired) electrons. The van der Waals surface area contributed by atoms with E-state index >= 15 is 0 Å². The minimum atomic E-state index is -0.00937. The lowest BCUT2D eigenvalue weighted by Gasteiger charge is -2.36. The van der Waals surface area contributed by atoms with Crippen LogP contribution in [-0.4, -0.2) is 53.1 Å². The van der Waals surface area contributed by atoms with Crippen molar-refractivity contribution in [3.8, 4) is 0 Å². The highest BCUT2D eigenvalue weighted by Gasteiger charge is 2.24. The fourth-order valence-corrected chi connectivity index (χ4v) is 6.11. The maximum Gasteiger partial charge on any atom is 0.164 e. The first-order valence-electron chi connectivity index (χ1n) is 13.6. The molecule has 1 N–H and O–H groups in total. The Balaban J connectivity index is 1.43. The zero-order valence-corrected chi connectivity index (χ0v) is 24.5. The number of hydrogen-bond donors (Lipinski definition) is 1. The molecule has 2 heterocycles. The number of allylic oxidation sites excluding steroid dienone is 6. The number of fused-ring (bicyclic) bond motifs is 1. The van der Waals surface area contributed by atoms with E-state index in [9.17, 15) is 9.90 Å². The van der Waals surface area contributed by atoms with Crippen LogP contribution in [0.3, 0.4) is 0 Å². The molecule has 204 valence electrons. The first kappa shape index (κ1) is 28.5. The second-order valence-electron chi connectivity index (χ2n) is 10.6. The highest BCUT2D eigenvalue weighted by molar-refractivity contribution is 6.36. The highest BCUT2D eigenvalue weighted by Crippen LogP contribution is 2.39. The minimum absolute atomic E-state index is 0.00937. The Labute approximate surface area is 236 Å². The standard InChI is InChI=1S/C31H39Cl2N3O2/c1-6-29(37)25-19-34(5)28-18-22(10-11-24(25)28)36-16-14-35(15-17-36)13-12-23(31(38)20(2)3)21(4)30-26(32)8-7-9-27(30)33/h8,10-11,18-20,38H,4,6-7,9,12-17H2,1-3,5H3/b31-23-. The second kappa shape index (κ2) is 12.1. The second-order valence-corrected chi connectivity index (χ2v) is 11.4. The molecule has 5 nitrogen and oxygen atoms in total. The Morgan fingerprint density at radius 1 is 1.16 bits per heavy atom. The van der Waals surface area contributed by atoms with Gasteiger partial charge in [-0.1, -0.05) is 62.7 Å². The molecule has 1 saturated heterocycles. The van der Waals surface area contributed by atoms with E-state index in [2.05, 4.69) is 39.1 Å². The lowest BCUT2D eigenvalue weighted by molar-refractivity contribution is 0.0989.